The van der Waals surface area contributed by atoms with Crippen molar-refractivity contribution in [2.45, 2.75) is 33.2 Å². The molecule has 0 heterocycles. The van der Waals surface area contributed by atoms with Crippen LogP contribution in [0.3, 0.4) is 0 Å². The molecule has 0 unspecified atom stereocenters. The highest BCUT2D eigenvalue weighted by molar-refractivity contribution is 5.15. The van der Waals surface area contributed by atoms with Crippen molar-refractivity contribution < 1.29 is 5.11 Å². The van der Waals surface area contributed by atoms with Crippen LogP contribution in [0.1, 0.15) is 26.3 Å². The molecule has 0 saturated heterocycles. The molecule has 0 fully saturated rings. The lowest BCUT2D eigenvalue weighted by atomic mass is 9.96. The van der Waals surface area contributed by atoms with E-state index in [4.69, 9.17) is 0 Å². The van der Waals surface area contributed by atoms with Crippen molar-refractivity contribution in [2.24, 2.45) is 5.41 Å². The fraction of sp³-hybridized carbons (Fsp3) is 0.571. The second kappa shape index (κ2) is 6.02. The summed E-state index contributed by atoms with van der Waals surface area (Å²) in [5, 5.41) is 12.7. The van der Waals surface area contributed by atoms with Gasteiger partial charge < -0.3 is 10.4 Å². The van der Waals surface area contributed by atoms with Crippen molar-refractivity contribution in [3.63, 3.8) is 0 Å². The number of hydrogen-bond acceptors (Lipinski definition) is 2. The molecule has 0 aromatic heterocycles. The van der Waals surface area contributed by atoms with E-state index in [0.29, 0.717) is 0 Å². The van der Waals surface area contributed by atoms with E-state index in [2.05, 4.69) is 38.2 Å². The van der Waals surface area contributed by atoms with Crippen LogP contribution in [0, 0.1) is 5.41 Å². The monoisotopic (exact) mass is 221 g/mol. The summed E-state index contributed by atoms with van der Waals surface area (Å²) >= 11 is 0. The average Bonchev–Trinajstić information content (AvgIpc) is 2.24. The van der Waals surface area contributed by atoms with Crippen molar-refractivity contribution in [3.8, 4) is 0 Å². The molecular formula is C14H23NO. The van der Waals surface area contributed by atoms with Gasteiger partial charge in [-0.15, -0.1) is 0 Å². The lowest BCUT2D eigenvalue weighted by Gasteiger charge is -2.23. The standard InChI is InChI=1S/C14H23NO/c1-14(2,3)11-15-13(10-16)9-12-7-5-4-6-8-12/h4-8,13,15-16H,9-11H2,1-3H3/t13-/m0/s1. The minimum Gasteiger partial charge on any atom is -0.395 e. The van der Waals surface area contributed by atoms with Crippen LogP contribution in [-0.4, -0.2) is 24.3 Å². The van der Waals surface area contributed by atoms with Gasteiger partial charge in [0.25, 0.3) is 0 Å². The van der Waals surface area contributed by atoms with Crippen LogP contribution in [0.25, 0.3) is 0 Å². The van der Waals surface area contributed by atoms with Gasteiger partial charge in [-0.25, -0.2) is 0 Å². The molecule has 0 aliphatic rings. The van der Waals surface area contributed by atoms with Crippen molar-refractivity contribution in [1.29, 1.82) is 0 Å². The maximum absolute atomic E-state index is 9.32. The molecule has 0 aliphatic heterocycles. The summed E-state index contributed by atoms with van der Waals surface area (Å²) in [4.78, 5) is 0. The van der Waals surface area contributed by atoms with Gasteiger partial charge in [0, 0.05) is 12.6 Å². The summed E-state index contributed by atoms with van der Waals surface area (Å²) in [5.74, 6) is 0. The lowest BCUT2D eigenvalue weighted by Crippen LogP contribution is -2.39. The third-order valence-corrected chi connectivity index (χ3v) is 2.47. The molecule has 0 saturated carbocycles. The number of hydrogen-bond donors (Lipinski definition) is 2. The zero-order valence-electron chi connectivity index (χ0n) is 10.5. The fourth-order valence-electron chi connectivity index (χ4n) is 1.55. The second-order valence-electron chi connectivity index (χ2n) is 5.51. The van der Waals surface area contributed by atoms with E-state index < -0.39 is 0 Å². The van der Waals surface area contributed by atoms with Crippen molar-refractivity contribution >= 4 is 0 Å². The van der Waals surface area contributed by atoms with Crippen LogP contribution in [0.5, 0.6) is 0 Å². The molecule has 16 heavy (non-hydrogen) atoms. The van der Waals surface area contributed by atoms with E-state index in [9.17, 15) is 5.11 Å². The summed E-state index contributed by atoms with van der Waals surface area (Å²) in [5.41, 5.74) is 1.52. The first-order valence-electron chi connectivity index (χ1n) is 5.89. The third kappa shape index (κ3) is 5.29. The Hall–Kier alpha value is -0.860. The van der Waals surface area contributed by atoms with Crippen LogP contribution >= 0.6 is 0 Å². The third-order valence-electron chi connectivity index (χ3n) is 2.47. The summed E-state index contributed by atoms with van der Waals surface area (Å²) in [6.07, 6.45) is 0.882. The Morgan fingerprint density at radius 3 is 2.31 bits per heavy atom. The van der Waals surface area contributed by atoms with Gasteiger partial charge in [0.15, 0.2) is 0 Å². The molecule has 0 bridgehead atoms. The molecule has 2 heteroatoms. The quantitative estimate of drug-likeness (QED) is 0.799. The number of benzene rings is 1. The predicted molar refractivity (Wildman–Crippen MR) is 68.5 cm³/mol. The molecule has 1 atom stereocenters. The molecule has 1 rings (SSSR count). The largest absolute Gasteiger partial charge is 0.395 e. The molecule has 1 aromatic rings. The van der Waals surface area contributed by atoms with E-state index in [-0.39, 0.29) is 18.1 Å². The summed E-state index contributed by atoms with van der Waals surface area (Å²) in [6, 6.07) is 10.4. The highest BCUT2D eigenvalue weighted by Crippen LogP contribution is 2.11. The predicted octanol–water partition coefficient (Wildman–Crippen LogP) is 2.23. The number of rotatable bonds is 5. The molecule has 0 spiro atoms. The molecule has 0 amide bonds. The van der Waals surface area contributed by atoms with Gasteiger partial charge in [-0.3, -0.25) is 0 Å². The Morgan fingerprint density at radius 1 is 1.19 bits per heavy atom. The first-order valence-corrected chi connectivity index (χ1v) is 5.89. The first kappa shape index (κ1) is 13.2. The zero-order valence-corrected chi connectivity index (χ0v) is 10.5. The van der Waals surface area contributed by atoms with E-state index in [1.807, 2.05) is 18.2 Å². The van der Waals surface area contributed by atoms with E-state index in [1.165, 1.54) is 5.56 Å². The van der Waals surface area contributed by atoms with Gasteiger partial charge in [0.05, 0.1) is 6.61 Å². The fourth-order valence-corrected chi connectivity index (χ4v) is 1.55. The summed E-state index contributed by atoms with van der Waals surface area (Å²) < 4.78 is 0. The van der Waals surface area contributed by atoms with E-state index in [1.54, 1.807) is 0 Å². The van der Waals surface area contributed by atoms with E-state index in [0.717, 1.165) is 13.0 Å². The molecule has 1 aromatic carbocycles. The van der Waals surface area contributed by atoms with Crippen LogP contribution in [0.2, 0.25) is 0 Å². The van der Waals surface area contributed by atoms with Crippen LogP contribution in [0.15, 0.2) is 30.3 Å². The van der Waals surface area contributed by atoms with Gasteiger partial charge in [-0.1, -0.05) is 51.1 Å². The normalized spacial score (nSPS) is 13.8. The van der Waals surface area contributed by atoms with Crippen molar-refractivity contribution in [1.82, 2.24) is 5.32 Å². The first-order chi connectivity index (χ1) is 7.51. The Kier molecular flexibility index (Phi) is 4.97. The molecular weight excluding hydrogens is 198 g/mol. The van der Waals surface area contributed by atoms with Crippen LogP contribution in [0.4, 0.5) is 0 Å². The molecule has 2 nitrogen and oxygen atoms in total. The Balaban J connectivity index is 2.44. The smallest absolute Gasteiger partial charge is 0.0587 e. The molecule has 0 aliphatic carbocycles. The number of nitrogens with one attached hydrogen (secondary N) is 1. The molecule has 0 radical (unpaired) electrons. The van der Waals surface area contributed by atoms with Crippen molar-refractivity contribution in [2.75, 3.05) is 13.2 Å². The maximum atomic E-state index is 9.32. The Morgan fingerprint density at radius 2 is 1.81 bits per heavy atom. The summed E-state index contributed by atoms with van der Waals surface area (Å²) in [6.45, 7) is 7.68. The van der Waals surface area contributed by atoms with Gasteiger partial charge in [0.1, 0.15) is 0 Å². The minimum absolute atomic E-state index is 0.154. The minimum atomic E-state index is 0.154. The lowest BCUT2D eigenvalue weighted by molar-refractivity contribution is 0.227. The number of aliphatic hydroxyl groups excluding tert-OH is 1. The highest BCUT2D eigenvalue weighted by atomic mass is 16.3. The molecule has 2 N–H and O–H groups in total. The highest BCUT2D eigenvalue weighted by Gasteiger charge is 2.14. The van der Waals surface area contributed by atoms with Gasteiger partial charge in [0.2, 0.25) is 0 Å². The average molecular weight is 221 g/mol. The van der Waals surface area contributed by atoms with Crippen LogP contribution < -0.4 is 5.32 Å². The van der Waals surface area contributed by atoms with Gasteiger partial charge in [-0.05, 0) is 17.4 Å². The Bertz CT molecular complexity index is 289. The zero-order chi connectivity index (χ0) is 12.0. The molecule has 90 valence electrons. The SMILES string of the molecule is CC(C)(C)CN[C@H](CO)Cc1ccccc1. The summed E-state index contributed by atoms with van der Waals surface area (Å²) in [7, 11) is 0. The van der Waals surface area contributed by atoms with Crippen molar-refractivity contribution in [3.05, 3.63) is 35.9 Å². The van der Waals surface area contributed by atoms with Gasteiger partial charge >= 0.3 is 0 Å². The second-order valence-corrected chi connectivity index (χ2v) is 5.51. The Labute approximate surface area is 98.7 Å². The van der Waals surface area contributed by atoms with E-state index >= 15 is 0 Å². The van der Waals surface area contributed by atoms with Gasteiger partial charge in [-0.2, -0.15) is 0 Å². The van der Waals surface area contributed by atoms with Crippen LogP contribution in [-0.2, 0) is 6.42 Å². The topological polar surface area (TPSA) is 32.3 Å². The number of aliphatic hydroxyl groups is 1. The maximum Gasteiger partial charge on any atom is 0.0587 e.